The highest BCUT2D eigenvalue weighted by molar-refractivity contribution is 9.09. The Labute approximate surface area is 88.5 Å². The summed E-state index contributed by atoms with van der Waals surface area (Å²) in [6.07, 6.45) is 5.30. The summed E-state index contributed by atoms with van der Waals surface area (Å²) >= 11 is 3.61. The van der Waals surface area contributed by atoms with Gasteiger partial charge in [-0.05, 0) is 49.3 Å². The molecule has 1 aliphatic carbocycles. The van der Waals surface area contributed by atoms with Crippen molar-refractivity contribution >= 4 is 15.9 Å². The smallest absolute Gasteiger partial charge is 0.0367 e. The molecule has 70 valence electrons. The van der Waals surface area contributed by atoms with Crippen LogP contribution in [0.25, 0.3) is 0 Å². The number of benzene rings is 1. The lowest BCUT2D eigenvalue weighted by Crippen LogP contribution is -2.03. The van der Waals surface area contributed by atoms with Gasteiger partial charge in [-0.1, -0.05) is 34.1 Å². The third-order valence-electron chi connectivity index (χ3n) is 2.83. The van der Waals surface area contributed by atoms with Gasteiger partial charge in [0, 0.05) is 4.83 Å². The molecule has 1 aromatic rings. The van der Waals surface area contributed by atoms with Gasteiger partial charge in [0.25, 0.3) is 0 Å². The molecule has 0 radical (unpaired) electrons. The number of rotatable bonds is 1. The summed E-state index contributed by atoms with van der Waals surface area (Å²) in [5.74, 6) is 0. The Morgan fingerprint density at radius 3 is 2.54 bits per heavy atom. The molecule has 0 heterocycles. The SMILES string of the molecule is CC(Br)c1ccc2c(c1)CCCC2. The van der Waals surface area contributed by atoms with E-state index in [0.29, 0.717) is 4.83 Å². The Kier molecular flexibility index (Phi) is 2.73. The fourth-order valence-electron chi connectivity index (χ4n) is 2.00. The molecule has 1 aliphatic rings. The van der Waals surface area contributed by atoms with Crippen LogP contribution in [-0.4, -0.2) is 0 Å². The highest BCUT2D eigenvalue weighted by Gasteiger charge is 2.10. The average molecular weight is 239 g/mol. The number of alkyl halides is 1. The molecule has 1 atom stereocenters. The first kappa shape index (κ1) is 9.26. The van der Waals surface area contributed by atoms with Crippen LogP contribution < -0.4 is 0 Å². The first-order chi connectivity index (χ1) is 6.27. The molecule has 0 spiro atoms. The van der Waals surface area contributed by atoms with Crippen LogP contribution in [-0.2, 0) is 12.8 Å². The van der Waals surface area contributed by atoms with Crippen molar-refractivity contribution in [3.05, 3.63) is 34.9 Å². The number of hydrogen-bond donors (Lipinski definition) is 0. The van der Waals surface area contributed by atoms with Gasteiger partial charge in [0.1, 0.15) is 0 Å². The third-order valence-corrected chi connectivity index (χ3v) is 3.36. The van der Waals surface area contributed by atoms with E-state index in [9.17, 15) is 0 Å². The van der Waals surface area contributed by atoms with Crippen LogP contribution >= 0.6 is 15.9 Å². The van der Waals surface area contributed by atoms with Crippen LogP contribution in [0.4, 0.5) is 0 Å². The molecule has 0 saturated carbocycles. The topological polar surface area (TPSA) is 0 Å². The molecule has 0 aromatic heterocycles. The first-order valence-electron chi connectivity index (χ1n) is 5.03. The maximum atomic E-state index is 3.61. The molecule has 0 bridgehead atoms. The van der Waals surface area contributed by atoms with E-state index in [1.54, 1.807) is 11.1 Å². The molecule has 2 rings (SSSR count). The van der Waals surface area contributed by atoms with Gasteiger partial charge < -0.3 is 0 Å². The van der Waals surface area contributed by atoms with E-state index >= 15 is 0 Å². The monoisotopic (exact) mass is 238 g/mol. The minimum atomic E-state index is 0.486. The van der Waals surface area contributed by atoms with Crippen LogP contribution in [0.2, 0.25) is 0 Å². The van der Waals surface area contributed by atoms with E-state index in [0.717, 1.165) is 0 Å². The van der Waals surface area contributed by atoms with E-state index in [4.69, 9.17) is 0 Å². The van der Waals surface area contributed by atoms with Crippen molar-refractivity contribution in [2.75, 3.05) is 0 Å². The molecular formula is C12H15Br. The standard InChI is InChI=1S/C12H15Br/c1-9(13)11-7-6-10-4-2-3-5-12(10)8-11/h6-9H,2-5H2,1H3. The van der Waals surface area contributed by atoms with E-state index in [-0.39, 0.29) is 0 Å². The predicted octanol–water partition coefficient (Wildman–Crippen LogP) is 4.02. The first-order valence-corrected chi connectivity index (χ1v) is 5.95. The molecule has 0 N–H and O–H groups in total. The fraction of sp³-hybridized carbons (Fsp3) is 0.500. The molecule has 1 aromatic carbocycles. The summed E-state index contributed by atoms with van der Waals surface area (Å²) in [6, 6.07) is 6.93. The van der Waals surface area contributed by atoms with Crippen molar-refractivity contribution in [2.45, 2.75) is 37.4 Å². The van der Waals surface area contributed by atoms with Gasteiger partial charge in [-0.2, -0.15) is 0 Å². The van der Waals surface area contributed by atoms with Crippen LogP contribution in [0.5, 0.6) is 0 Å². The Bertz CT molecular complexity index is 302. The minimum absolute atomic E-state index is 0.486. The number of halogens is 1. The van der Waals surface area contributed by atoms with Crippen LogP contribution in [0, 0.1) is 0 Å². The summed E-state index contributed by atoms with van der Waals surface area (Å²) < 4.78 is 0. The molecule has 0 amide bonds. The molecule has 0 saturated heterocycles. The molecule has 0 fully saturated rings. The Morgan fingerprint density at radius 1 is 1.15 bits per heavy atom. The second kappa shape index (κ2) is 3.83. The zero-order valence-electron chi connectivity index (χ0n) is 8.02. The van der Waals surface area contributed by atoms with Crippen LogP contribution in [0.1, 0.15) is 41.3 Å². The summed E-state index contributed by atoms with van der Waals surface area (Å²) in [4.78, 5) is 0.486. The average Bonchev–Trinajstić information content (AvgIpc) is 2.17. The predicted molar refractivity (Wildman–Crippen MR) is 60.4 cm³/mol. The number of hydrogen-bond acceptors (Lipinski definition) is 0. The van der Waals surface area contributed by atoms with Gasteiger partial charge in [-0.25, -0.2) is 0 Å². The molecule has 1 unspecified atom stereocenters. The molecule has 1 heteroatoms. The number of fused-ring (bicyclic) bond motifs is 1. The second-order valence-electron chi connectivity index (χ2n) is 3.85. The van der Waals surface area contributed by atoms with Crippen molar-refractivity contribution in [1.29, 1.82) is 0 Å². The van der Waals surface area contributed by atoms with E-state index in [2.05, 4.69) is 41.1 Å². The summed E-state index contributed by atoms with van der Waals surface area (Å²) in [7, 11) is 0. The van der Waals surface area contributed by atoms with Crippen molar-refractivity contribution in [3.63, 3.8) is 0 Å². The van der Waals surface area contributed by atoms with E-state index in [1.807, 2.05) is 0 Å². The molecule has 0 nitrogen and oxygen atoms in total. The van der Waals surface area contributed by atoms with Gasteiger partial charge in [-0.3, -0.25) is 0 Å². The van der Waals surface area contributed by atoms with Crippen molar-refractivity contribution in [1.82, 2.24) is 0 Å². The van der Waals surface area contributed by atoms with Gasteiger partial charge in [0.2, 0.25) is 0 Å². The van der Waals surface area contributed by atoms with Crippen LogP contribution in [0.15, 0.2) is 18.2 Å². The summed E-state index contributed by atoms with van der Waals surface area (Å²) in [6.45, 7) is 2.19. The van der Waals surface area contributed by atoms with Crippen molar-refractivity contribution < 1.29 is 0 Å². The Morgan fingerprint density at radius 2 is 1.85 bits per heavy atom. The lowest BCUT2D eigenvalue weighted by atomic mass is 9.90. The molecule has 13 heavy (non-hydrogen) atoms. The highest BCUT2D eigenvalue weighted by Crippen LogP contribution is 2.27. The lowest BCUT2D eigenvalue weighted by Gasteiger charge is -2.17. The van der Waals surface area contributed by atoms with Crippen molar-refractivity contribution in [2.24, 2.45) is 0 Å². The van der Waals surface area contributed by atoms with E-state index in [1.165, 1.54) is 31.2 Å². The quantitative estimate of drug-likeness (QED) is 0.649. The second-order valence-corrected chi connectivity index (χ2v) is 5.22. The zero-order valence-corrected chi connectivity index (χ0v) is 9.60. The third kappa shape index (κ3) is 1.96. The maximum Gasteiger partial charge on any atom is 0.0367 e. The van der Waals surface area contributed by atoms with E-state index < -0.39 is 0 Å². The number of aryl methyl sites for hydroxylation is 2. The lowest BCUT2D eigenvalue weighted by molar-refractivity contribution is 0.684. The van der Waals surface area contributed by atoms with Gasteiger partial charge >= 0.3 is 0 Å². The molecule has 0 aliphatic heterocycles. The zero-order chi connectivity index (χ0) is 9.26. The minimum Gasteiger partial charge on any atom is -0.0842 e. The molecular weight excluding hydrogens is 224 g/mol. The van der Waals surface area contributed by atoms with Gasteiger partial charge in [0.15, 0.2) is 0 Å². The normalized spacial score (nSPS) is 18.0. The Hall–Kier alpha value is -0.300. The summed E-state index contributed by atoms with van der Waals surface area (Å²) in [5, 5.41) is 0. The fourth-order valence-corrected chi connectivity index (χ4v) is 2.29. The van der Waals surface area contributed by atoms with Crippen molar-refractivity contribution in [3.8, 4) is 0 Å². The van der Waals surface area contributed by atoms with Gasteiger partial charge in [-0.15, -0.1) is 0 Å². The maximum absolute atomic E-state index is 3.61. The largest absolute Gasteiger partial charge is 0.0842 e. The highest BCUT2D eigenvalue weighted by atomic mass is 79.9. The van der Waals surface area contributed by atoms with Crippen LogP contribution in [0.3, 0.4) is 0 Å². The van der Waals surface area contributed by atoms with Gasteiger partial charge in [0.05, 0.1) is 0 Å². The Balaban J connectivity index is 2.35. The summed E-state index contributed by atoms with van der Waals surface area (Å²) in [5.41, 5.74) is 4.57.